The standard InChI is InChI=1S/C26H17N5O2/c1-15-4-7-23(33-15)24-18(16-5-6-21-17(11-16)3-2-8-28-21)12-19-25(32)20(13-30-26(19)31-24)22-14-27-9-10-29-22/h2-14H,1H3,(H,30,31,32). The van der Waals surface area contributed by atoms with Gasteiger partial charge in [0.15, 0.2) is 11.2 Å². The summed E-state index contributed by atoms with van der Waals surface area (Å²) >= 11 is 0. The number of H-pyrrole nitrogens is 1. The average molecular weight is 431 g/mol. The minimum absolute atomic E-state index is 0.164. The molecular formula is C26H17N5O2. The van der Waals surface area contributed by atoms with E-state index in [1.807, 2.05) is 55.5 Å². The number of aryl methyl sites for hydroxylation is 1. The van der Waals surface area contributed by atoms with Gasteiger partial charge in [-0.05, 0) is 48.9 Å². The van der Waals surface area contributed by atoms with Crippen LogP contribution in [0.3, 0.4) is 0 Å². The first-order valence-corrected chi connectivity index (χ1v) is 10.4. The highest BCUT2D eigenvalue weighted by molar-refractivity contribution is 5.93. The molecular weight excluding hydrogens is 414 g/mol. The molecule has 0 aliphatic rings. The zero-order chi connectivity index (χ0) is 22.4. The Labute approximate surface area is 187 Å². The van der Waals surface area contributed by atoms with Crippen LogP contribution in [-0.4, -0.2) is 24.9 Å². The smallest absolute Gasteiger partial charge is 0.200 e. The molecule has 0 amide bonds. The third-order valence-corrected chi connectivity index (χ3v) is 5.59. The summed E-state index contributed by atoms with van der Waals surface area (Å²) in [6, 6.07) is 15.6. The van der Waals surface area contributed by atoms with E-state index in [9.17, 15) is 4.79 Å². The van der Waals surface area contributed by atoms with Crippen LogP contribution in [0, 0.1) is 6.92 Å². The van der Waals surface area contributed by atoms with E-state index in [1.54, 1.807) is 31.0 Å². The van der Waals surface area contributed by atoms with Crippen LogP contribution >= 0.6 is 0 Å². The Morgan fingerprint density at radius 2 is 1.88 bits per heavy atom. The van der Waals surface area contributed by atoms with Gasteiger partial charge in [0.05, 0.1) is 28.4 Å². The van der Waals surface area contributed by atoms with E-state index in [2.05, 4.69) is 19.9 Å². The minimum atomic E-state index is -0.164. The summed E-state index contributed by atoms with van der Waals surface area (Å²) in [7, 11) is 0. The molecule has 158 valence electrons. The summed E-state index contributed by atoms with van der Waals surface area (Å²) in [5, 5.41) is 1.46. The van der Waals surface area contributed by atoms with Gasteiger partial charge in [0.1, 0.15) is 17.1 Å². The summed E-state index contributed by atoms with van der Waals surface area (Å²) in [6.07, 6.45) is 8.10. The molecule has 0 radical (unpaired) electrons. The lowest BCUT2D eigenvalue weighted by atomic mass is 9.98. The molecule has 0 saturated heterocycles. The molecule has 33 heavy (non-hydrogen) atoms. The van der Waals surface area contributed by atoms with Crippen molar-refractivity contribution in [2.45, 2.75) is 6.92 Å². The van der Waals surface area contributed by atoms with Gasteiger partial charge < -0.3 is 9.40 Å². The predicted octanol–water partition coefficient (Wildman–Crippen LogP) is 5.16. The van der Waals surface area contributed by atoms with Crippen molar-refractivity contribution < 1.29 is 4.42 Å². The van der Waals surface area contributed by atoms with Gasteiger partial charge in [-0.3, -0.25) is 19.7 Å². The van der Waals surface area contributed by atoms with E-state index in [-0.39, 0.29) is 5.43 Å². The molecule has 1 N–H and O–H groups in total. The van der Waals surface area contributed by atoms with Crippen LogP contribution in [0.1, 0.15) is 5.76 Å². The molecule has 5 heterocycles. The maximum absolute atomic E-state index is 13.4. The monoisotopic (exact) mass is 431 g/mol. The fourth-order valence-electron chi connectivity index (χ4n) is 3.99. The first-order chi connectivity index (χ1) is 16.2. The van der Waals surface area contributed by atoms with Gasteiger partial charge in [-0.15, -0.1) is 0 Å². The van der Waals surface area contributed by atoms with Crippen LogP contribution in [0.2, 0.25) is 0 Å². The Balaban J connectivity index is 1.65. The molecule has 7 nitrogen and oxygen atoms in total. The van der Waals surface area contributed by atoms with Crippen molar-refractivity contribution >= 4 is 21.9 Å². The highest BCUT2D eigenvalue weighted by atomic mass is 16.3. The molecule has 0 atom stereocenters. The number of nitrogens with zero attached hydrogens (tertiary/aromatic N) is 4. The van der Waals surface area contributed by atoms with Crippen molar-refractivity contribution in [3.8, 4) is 33.8 Å². The lowest BCUT2D eigenvalue weighted by Crippen LogP contribution is -2.09. The van der Waals surface area contributed by atoms with Gasteiger partial charge in [0.2, 0.25) is 0 Å². The highest BCUT2D eigenvalue weighted by Crippen LogP contribution is 2.34. The van der Waals surface area contributed by atoms with Crippen molar-refractivity contribution in [2.24, 2.45) is 0 Å². The Morgan fingerprint density at radius 1 is 0.939 bits per heavy atom. The van der Waals surface area contributed by atoms with Crippen molar-refractivity contribution in [3.05, 3.63) is 95.5 Å². The lowest BCUT2D eigenvalue weighted by molar-refractivity contribution is 0.547. The predicted molar refractivity (Wildman–Crippen MR) is 127 cm³/mol. The summed E-state index contributed by atoms with van der Waals surface area (Å²) in [5.41, 5.74) is 4.51. The van der Waals surface area contributed by atoms with Crippen molar-refractivity contribution in [3.63, 3.8) is 0 Å². The van der Waals surface area contributed by atoms with E-state index >= 15 is 0 Å². The molecule has 5 aromatic heterocycles. The summed E-state index contributed by atoms with van der Waals surface area (Å²) < 4.78 is 5.91. The van der Waals surface area contributed by atoms with Crippen LogP contribution in [0.5, 0.6) is 0 Å². The van der Waals surface area contributed by atoms with Gasteiger partial charge in [-0.1, -0.05) is 12.1 Å². The van der Waals surface area contributed by atoms with E-state index in [1.165, 1.54) is 0 Å². The number of furan rings is 1. The van der Waals surface area contributed by atoms with Crippen LogP contribution in [0.4, 0.5) is 0 Å². The minimum Gasteiger partial charge on any atom is -0.460 e. The van der Waals surface area contributed by atoms with Crippen LogP contribution in [0.25, 0.3) is 55.8 Å². The topological polar surface area (TPSA) is 97.6 Å². The molecule has 7 heteroatoms. The first-order valence-electron chi connectivity index (χ1n) is 10.4. The van der Waals surface area contributed by atoms with Crippen molar-refractivity contribution in [1.82, 2.24) is 24.9 Å². The molecule has 6 rings (SSSR count). The lowest BCUT2D eigenvalue weighted by Gasteiger charge is -2.11. The zero-order valence-electron chi connectivity index (χ0n) is 17.6. The molecule has 0 bridgehead atoms. The molecule has 0 saturated carbocycles. The number of nitrogens with one attached hydrogen (secondary N) is 1. The molecule has 0 aliphatic carbocycles. The van der Waals surface area contributed by atoms with Crippen molar-refractivity contribution in [2.75, 3.05) is 0 Å². The third kappa shape index (κ3) is 3.27. The number of aromatic nitrogens is 5. The highest BCUT2D eigenvalue weighted by Gasteiger charge is 2.18. The van der Waals surface area contributed by atoms with Gasteiger partial charge >= 0.3 is 0 Å². The second kappa shape index (κ2) is 7.49. The number of hydrogen-bond acceptors (Lipinski definition) is 6. The van der Waals surface area contributed by atoms with E-state index in [4.69, 9.17) is 9.40 Å². The number of fused-ring (bicyclic) bond motifs is 2. The number of pyridine rings is 3. The fraction of sp³-hybridized carbons (Fsp3) is 0.0385. The molecule has 0 unspecified atom stereocenters. The third-order valence-electron chi connectivity index (χ3n) is 5.59. The molecule has 6 aromatic rings. The number of hydrogen-bond donors (Lipinski definition) is 1. The van der Waals surface area contributed by atoms with Crippen LogP contribution in [0.15, 0.2) is 88.7 Å². The Kier molecular flexibility index (Phi) is 4.33. The second-order valence-electron chi connectivity index (χ2n) is 7.72. The normalized spacial score (nSPS) is 11.3. The molecule has 0 spiro atoms. The number of rotatable bonds is 3. The van der Waals surface area contributed by atoms with Gasteiger partial charge in [0, 0.05) is 35.7 Å². The Hall–Kier alpha value is -4.65. The van der Waals surface area contributed by atoms with E-state index in [0.29, 0.717) is 33.7 Å². The summed E-state index contributed by atoms with van der Waals surface area (Å²) in [4.78, 5) is 34.1. The van der Waals surface area contributed by atoms with Crippen LogP contribution in [-0.2, 0) is 0 Å². The largest absolute Gasteiger partial charge is 0.460 e. The van der Waals surface area contributed by atoms with Crippen LogP contribution < -0.4 is 5.43 Å². The maximum atomic E-state index is 13.4. The van der Waals surface area contributed by atoms with Gasteiger partial charge in [-0.2, -0.15) is 0 Å². The number of benzene rings is 1. The Morgan fingerprint density at radius 3 is 2.70 bits per heavy atom. The zero-order valence-corrected chi connectivity index (χ0v) is 17.6. The average Bonchev–Trinajstić information content (AvgIpc) is 3.30. The van der Waals surface area contributed by atoms with E-state index in [0.717, 1.165) is 27.8 Å². The summed E-state index contributed by atoms with van der Waals surface area (Å²) in [6.45, 7) is 1.89. The van der Waals surface area contributed by atoms with Crippen molar-refractivity contribution in [1.29, 1.82) is 0 Å². The summed E-state index contributed by atoms with van der Waals surface area (Å²) in [5.74, 6) is 1.42. The quantitative estimate of drug-likeness (QED) is 0.415. The fourth-order valence-corrected chi connectivity index (χ4v) is 3.99. The second-order valence-corrected chi connectivity index (χ2v) is 7.72. The Bertz CT molecular complexity index is 1700. The molecule has 0 fully saturated rings. The maximum Gasteiger partial charge on any atom is 0.200 e. The number of aromatic amines is 1. The molecule has 0 aliphatic heterocycles. The van der Waals surface area contributed by atoms with Gasteiger partial charge in [-0.25, -0.2) is 4.98 Å². The first kappa shape index (κ1) is 19.1. The molecule has 1 aromatic carbocycles. The van der Waals surface area contributed by atoms with E-state index < -0.39 is 0 Å². The SMILES string of the molecule is Cc1ccc(-c2nc3[nH]cc(-c4cnccn4)c(=O)c3cc2-c2ccc3ncccc3c2)o1. The van der Waals surface area contributed by atoms with Gasteiger partial charge in [0.25, 0.3) is 0 Å².